The van der Waals surface area contributed by atoms with E-state index in [-0.39, 0.29) is 0 Å². The number of rotatable bonds is 4. The van der Waals surface area contributed by atoms with E-state index >= 15 is 0 Å². The largest absolute Gasteiger partial charge is 0.439 e. The second-order valence-corrected chi connectivity index (χ2v) is 2.10. The van der Waals surface area contributed by atoms with Gasteiger partial charge < -0.3 is 4.74 Å². The van der Waals surface area contributed by atoms with Crippen molar-refractivity contribution in [1.82, 2.24) is 0 Å². The Morgan fingerprint density at radius 2 is 2.10 bits per heavy atom. The zero-order valence-electron chi connectivity index (χ0n) is 6.81. The summed E-state index contributed by atoms with van der Waals surface area (Å²) in [5.74, 6) is 2.89. The van der Waals surface area contributed by atoms with Crippen LogP contribution in [-0.4, -0.2) is 0 Å². The Kier molecular flexibility index (Phi) is 7.82. The molecule has 0 saturated heterocycles. The summed E-state index contributed by atoms with van der Waals surface area (Å²) in [6.45, 7) is 5.96. The summed E-state index contributed by atoms with van der Waals surface area (Å²) in [4.78, 5) is 0. The van der Waals surface area contributed by atoms with E-state index in [1.54, 1.807) is 6.61 Å². The van der Waals surface area contributed by atoms with Crippen LogP contribution >= 0.6 is 0 Å². The van der Waals surface area contributed by atoms with Gasteiger partial charge in [-0.3, -0.25) is 0 Å². The molecule has 57 valence electrons. The van der Waals surface area contributed by atoms with E-state index in [0.29, 0.717) is 0 Å². The predicted molar refractivity (Wildman–Crippen MR) is 43.0 cm³/mol. The minimum Gasteiger partial charge on any atom is -0.439 e. The number of hydrogen-bond donors (Lipinski definition) is 0. The van der Waals surface area contributed by atoms with Gasteiger partial charge in [-0.25, -0.2) is 0 Å². The topological polar surface area (TPSA) is 9.23 Å². The highest BCUT2D eigenvalue weighted by molar-refractivity contribution is 4.91. The molecule has 0 aliphatic heterocycles. The average Bonchev–Trinajstić information content (AvgIpc) is 1.97. The third-order valence-corrected chi connectivity index (χ3v) is 0.996. The molecule has 1 radical (unpaired) electrons. The maximum atomic E-state index is 4.89. The Bertz CT molecular complexity index is 108. The molecule has 1 heteroatoms. The number of hydrogen-bond acceptors (Lipinski definition) is 1. The van der Waals surface area contributed by atoms with Gasteiger partial charge in [0.05, 0.1) is 0 Å². The van der Waals surface area contributed by atoms with Crippen LogP contribution < -0.4 is 0 Å². The molecule has 10 heavy (non-hydrogen) atoms. The van der Waals surface area contributed by atoms with Gasteiger partial charge in [0, 0.05) is 6.42 Å². The lowest BCUT2D eigenvalue weighted by Crippen LogP contribution is -1.77. The standard InChI is InChI=1S/C9H15O/c1-3-5-7-9-10-8-6-4-2/h8H,3-6H2,1-2H3. The van der Waals surface area contributed by atoms with Crippen LogP contribution in [0.15, 0.2) is 0 Å². The lowest BCUT2D eigenvalue weighted by molar-refractivity contribution is 0.350. The van der Waals surface area contributed by atoms with Crippen molar-refractivity contribution in [2.45, 2.75) is 39.5 Å². The van der Waals surface area contributed by atoms with E-state index in [4.69, 9.17) is 4.74 Å². The monoisotopic (exact) mass is 139 g/mol. The van der Waals surface area contributed by atoms with Crippen LogP contribution in [0.5, 0.6) is 0 Å². The van der Waals surface area contributed by atoms with Gasteiger partial charge in [-0.2, -0.15) is 0 Å². The second-order valence-electron chi connectivity index (χ2n) is 2.10. The molecule has 0 N–H and O–H groups in total. The molecule has 0 aromatic rings. The van der Waals surface area contributed by atoms with Gasteiger partial charge in [-0.1, -0.05) is 26.2 Å². The van der Waals surface area contributed by atoms with Crippen LogP contribution in [0.25, 0.3) is 0 Å². The van der Waals surface area contributed by atoms with Gasteiger partial charge in [0.25, 0.3) is 0 Å². The summed E-state index contributed by atoms with van der Waals surface area (Å²) >= 11 is 0. The maximum Gasteiger partial charge on any atom is 0.148 e. The first kappa shape index (κ1) is 9.36. The quantitative estimate of drug-likeness (QED) is 0.430. The molecular formula is C9H15O. The molecule has 0 aliphatic carbocycles. The fourth-order valence-electron chi connectivity index (χ4n) is 0.436. The van der Waals surface area contributed by atoms with E-state index in [1.165, 1.54) is 0 Å². The highest BCUT2D eigenvalue weighted by Gasteiger charge is 1.80. The van der Waals surface area contributed by atoms with E-state index in [0.717, 1.165) is 25.7 Å². The van der Waals surface area contributed by atoms with E-state index in [9.17, 15) is 0 Å². The minimum atomic E-state index is 0.931. The molecule has 0 rings (SSSR count). The van der Waals surface area contributed by atoms with Crippen LogP contribution in [0.2, 0.25) is 0 Å². The highest BCUT2D eigenvalue weighted by Crippen LogP contribution is 1.92. The molecule has 0 unspecified atom stereocenters. The Hall–Kier alpha value is -0.640. The summed E-state index contributed by atoms with van der Waals surface area (Å²) in [7, 11) is 0. The zero-order valence-corrected chi connectivity index (χ0v) is 6.81. The van der Waals surface area contributed by atoms with Gasteiger partial charge in [-0.05, 0) is 12.8 Å². The van der Waals surface area contributed by atoms with Crippen molar-refractivity contribution in [2.24, 2.45) is 0 Å². The van der Waals surface area contributed by atoms with Crippen LogP contribution in [0.1, 0.15) is 39.5 Å². The van der Waals surface area contributed by atoms with E-state index in [2.05, 4.69) is 25.9 Å². The SMILES string of the molecule is CCCC#CO[CH]CCC. The van der Waals surface area contributed by atoms with Gasteiger partial charge in [0.2, 0.25) is 0 Å². The third kappa shape index (κ3) is 7.36. The zero-order chi connectivity index (χ0) is 7.66. The van der Waals surface area contributed by atoms with Gasteiger partial charge in [0.1, 0.15) is 12.7 Å². The molecule has 0 saturated carbocycles. The normalized spacial score (nSPS) is 8.20. The smallest absolute Gasteiger partial charge is 0.148 e. The summed E-state index contributed by atoms with van der Waals surface area (Å²) in [5.41, 5.74) is 0. The molecule has 1 nitrogen and oxygen atoms in total. The summed E-state index contributed by atoms with van der Waals surface area (Å²) in [6.07, 6.45) is 6.75. The Balaban J connectivity index is 2.96. The predicted octanol–water partition coefficient (Wildman–Crippen LogP) is 2.73. The Labute approximate surface area is 63.8 Å². The average molecular weight is 139 g/mol. The van der Waals surface area contributed by atoms with Crippen LogP contribution in [0, 0.1) is 18.6 Å². The van der Waals surface area contributed by atoms with Gasteiger partial charge in [-0.15, -0.1) is 0 Å². The van der Waals surface area contributed by atoms with Crippen molar-refractivity contribution < 1.29 is 4.74 Å². The van der Waals surface area contributed by atoms with E-state index < -0.39 is 0 Å². The fraction of sp³-hybridized carbons (Fsp3) is 0.667. The van der Waals surface area contributed by atoms with Crippen LogP contribution in [-0.2, 0) is 4.74 Å². The molecular weight excluding hydrogens is 124 g/mol. The molecule has 0 amide bonds. The number of unbranched alkanes of at least 4 members (excludes halogenated alkanes) is 2. The molecule has 0 aliphatic rings. The molecule has 0 atom stereocenters. The van der Waals surface area contributed by atoms with Gasteiger partial charge in [0.15, 0.2) is 0 Å². The number of ether oxygens (including phenoxy) is 1. The lowest BCUT2D eigenvalue weighted by atomic mass is 10.3. The van der Waals surface area contributed by atoms with Crippen molar-refractivity contribution >= 4 is 0 Å². The first-order chi connectivity index (χ1) is 4.91. The fourth-order valence-corrected chi connectivity index (χ4v) is 0.436. The van der Waals surface area contributed by atoms with E-state index in [1.807, 2.05) is 0 Å². The summed E-state index contributed by atoms with van der Waals surface area (Å²) < 4.78 is 4.89. The third-order valence-electron chi connectivity index (χ3n) is 0.996. The molecule has 0 aromatic carbocycles. The molecule has 0 spiro atoms. The lowest BCUT2D eigenvalue weighted by Gasteiger charge is -1.90. The van der Waals surface area contributed by atoms with Crippen molar-refractivity contribution in [3.05, 3.63) is 6.61 Å². The van der Waals surface area contributed by atoms with Crippen molar-refractivity contribution in [3.63, 3.8) is 0 Å². The minimum absolute atomic E-state index is 0.931. The first-order valence-electron chi connectivity index (χ1n) is 3.87. The van der Waals surface area contributed by atoms with Crippen molar-refractivity contribution in [3.8, 4) is 12.0 Å². The second kappa shape index (κ2) is 8.36. The molecule has 0 heterocycles. The Morgan fingerprint density at radius 1 is 1.30 bits per heavy atom. The highest BCUT2D eigenvalue weighted by atomic mass is 16.5. The van der Waals surface area contributed by atoms with Crippen LogP contribution in [0.3, 0.4) is 0 Å². The molecule has 0 fully saturated rings. The Morgan fingerprint density at radius 3 is 2.70 bits per heavy atom. The molecule has 0 aromatic heterocycles. The van der Waals surface area contributed by atoms with Gasteiger partial charge >= 0.3 is 0 Å². The summed E-state index contributed by atoms with van der Waals surface area (Å²) in [6, 6.07) is 0. The molecule has 0 bridgehead atoms. The maximum absolute atomic E-state index is 4.89. The first-order valence-corrected chi connectivity index (χ1v) is 3.87. The van der Waals surface area contributed by atoms with Crippen molar-refractivity contribution in [1.29, 1.82) is 0 Å². The van der Waals surface area contributed by atoms with Crippen LogP contribution in [0.4, 0.5) is 0 Å². The van der Waals surface area contributed by atoms with Crippen molar-refractivity contribution in [2.75, 3.05) is 0 Å². The summed E-state index contributed by atoms with van der Waals surface area (Å²) in [5, 5.41) is 0.